The molecule has 41 heavy (non-hydrogen) atoms. The lowest BCUT2D eigenvalue weighted by atomic mass is 9.95. The fourth-order valence-corrected chi connectivity index (χ4v) is 6.64. The van der Waals surface area contributed by atoms with E-state index in [1.54, 1.807) is 36.1 Å². The number of hydrogen-bond donors (Lipinski definition) is 1. The highest BCUT2D eigenvalue weighted by atomic mass is 35.5. The Morgan fingerprint density at radius 1 is 1.00 bits per heavy atom. The monoisotopic (exact) mass is 582 g/mol. The summed E-state index contributed by atoms with van der Waals surface area (Å²) < 4.78 is 1.85. The molecular formula is C32H27ClN4O3S. The molecule has 7 nitrogen and oxygen atoms in total. The van der Waals surface area contributed by atoms with Gasteiger partial charge >= 0.3 is 0 Å². The molecule has 1 N–H and O–H groups in total. The van der Waals surface area contributed by atoms with Gasteiger partial charge in [-0.25, -0.2) is 4.99 Å². The molecule has 4 aromatic rings. The maximum Gasteiger partial charge on any atom is 0.271 e. The van der Waals surface area contributed by atoms with Gasteiger partial charge in [0, 0.05) is 22.8 Å². The maximum atomic E-state index is 14.3. The highest BCUT2D eigenvalue weighted by Gasteiger charge is 2.36. The number of halogens is 1. The smallest absolute Gasteiger partial charge is 0.271 e. The van der Waals surface area contributed by atoms with Crippen molar-refractivity contribution in [3.8, 4) is 0 Å². The van der Waals surface area contributed by atoms with Gasteiger partial charge in [0.25, 0.3) is 17.4 Å². The zero-order valence-electron chi connectivity index (χ0n) is 22.6. The molecule has 9 heteroatoms. The van der Waals surface area contributed by atoms with Gasteiger partial charge in [-0.3, -0.25) is 19.0 Å². The van der Waals surface area contributed by atoms with Crippen LogP contribution in [0.1, 0.15) is 43.9 Å². The summed E-state index contributed by atoms with van der Waals surface area (Å²) in [6.45, 7) is 4.42. The second kappa shape index (κ2) is 11.0. The van der Waals surface area contributed by atoms with Crippen LogP contribution in [0.2, 0.25) is 5.02 Å². The third kappa shape index (κ3) is 4.73. The summed E-state index contributed by atoms with van der Waals surface area (Å²) in [6, 6.07) is 23.1. The van der Waals surface area contributed by atoms with Crippen molar-refractivity contribution in [1.82, 2.24) is 4.57 Å². The molecular weight excluding hydrogens is 556 g/mol. The number of unbranched alkanes of at least 4 members (excludes halogenated alkanes) is 1. The summed E-state index contributed by atoms with van der Waals surface area (Å²) in [6.07, 6.45) is 1.79. The van der Waals surface area contributed by atoms with Gasteiger partial charge in [0.2, 0.25) is 0 Å². The van der Waals surface area contributed by atoms with Gasteiger partial charge in [0.1, 0.15) is 4.53 Å². The molecule has 0 saturated carbocycles. The lowest BCUT2D eigenvalue weighted by Crippen LogP contribution is -2.41. The van der Waals surface area contributed by atoms with Crippen LogP contribution in [0, 0.1) is 0 Å². The predicted octanol–water partition coefficient (Wildman–Crippen LogP) is 5.04. The molecule has 0 spiro atoms. The molecule has 1 aromatic heterocycles. The van der Waals surface area contributed by atoms with Gasteiger partial charge in [-0.1, -0.05) is 84.8 Å². The van der Waals surface area contributed by atoms with Gasteiger partial charge in [-0.15, -0.1) is 0 Å². The van der Waals surface area contributed by atoms with E-state index in [1.165, 1.54) is 15.9 Å². The van der Waals surface area contributed by atoms with Crippen molar-refractivity contribution in [2.75, 3.05) is 16.8 Å². The van der Waals surface area contributed by atoms with Crippen molar-refractivity contribution < 1.29 is 9.59 Å². The van der Waals surface area contributed by atoms with E-state index in [9.17, 15) is 14.4 Å². The van der Waals surface area contributed by atoms with E-state index < -0.39 is 6.04 Å². The summed E-state index contributed by atoms with van der Waals surface area (Å²) in [5.41, 5.74) is 3.75. The van der Waals surface area contributed by atoms with E-state index in [-0.39, 0.29) is 17.4 Å². The van der Waals surface area contributed by atoms with Gasteiger partial charge < -0.3 is 10.2 Å². The van der Waals surface area contributed by atoms with Gasteiger partial charge in [-0.2, -0.15) is 0 Å². The Kier molecular flexibility index (Phi) is 7.19. The number of allylic oxidation sites excluding steroid dienone is 1. The van der Waals surface area contributed by atoms with Gasteiger partial charge in [-0.05, 0) is 49.2 Å². The van der Waals surface area contributed by atoms with E-state index in [0.717, 1.165) is 24.1 Å². The summed E-state index contributed by atoms with van der Waals surface area (Å²) in [4.78, 5) is 48.7. The molecule has 6 rings (SSSR count). The standard InChI is InChI=1S/C32H27ClN4O3S/c1-3-4-18-36-24-13-9-8-12-23(24)26(30(36)39)28-31(40)37-27(20-14-16-21(33)17-15-20)25(19(2)34-32(37)41-28)29(38)35-22-10-6-5-7-11-22/h5-17,27H,3-4,18H2,1-2H3,(H,35,38)/b28-26+/t27-/m1/s1. The van der Waals surface area contributed by atoms with E-state index in [4.69, 9.17) is 16.6 Å². The minimum atomic E-state index is -0.760. The molecule has 0 aliphatic carbocycles. The number of amides is 2. The number of rotatable bonds is 6. The second-order valence-electron chi connectivity index (χ2n) is 9.98. The number of carbonyl (C=O) groups excluding carboxylic acids is 2. The van der Waals surface area contributed by atoms with Crippen LogP contribution >= 0.6 is 22.9 Å². The van der Waals surface area contributed by atoms with Gasteiger partial charge in [0.15, 0.2) is 4.80 Å². The zero-order valence-corrected chi connectivity index (χ0v) is 24.1. The Labute approximate surface area is 245 Å². The summed E-state index contributed by atoms with van der Waals surface area (Å²) >= 11 is 7.38. The molecule has 3 aromatic carbocycles. The quantitative estimate of drug-likeness (QED) is 0.346. The topological polar surface area (TPSA) is 83.8 Å². The minimum Gasteiger partial charge on any atom is -0.322 e. The number of nitrogens with one attached hydrogen (secondary N) is 1. The number of anilines is 2. The number of carbonyl (C=O) groups is 2. The molecule has 2 aliphatic rings. The molecule has 0 unspecified atom stereocenters. The first-order chi connectivity index (χ1) is 19.9. The van der Waals surface area contributed by atoms with E-state index in [0.29, 0.717) is 49.0 Å². The Bertz CT molecular complexity index is 1890. The van der Waals surface area contributed by atoms with Crippen LogP contribution in [0.25, 0.3) is 5.57 Å². The molecule has 3 heterocycles. The Hall–Kier alpha value is -4.27. The molecule has 0 fully saturated rings. The van der Waals surface area contributed by atoms with Crippen LogP contribution in [-0.2, 0) is 9.59 Å². The number of fused-ring (bicyclic) bond motifs is 2. The highest BCUT2D eigenvalue weighted by molar-refractivity contribution is 7.07. The van der Waals surface area contributed by atoms with E-state index in [1.807, 2.05) is 54.6 Å². The highest BCUT2D eigenvalue weighted by Crippen LogP contribution is 2.36. The summed E-state index contributed by atoms with van der Waals surface area (Å²) in [5, 5.41) is 3.49. The summed E-state index contributed by atoms with van der Waals surface area (Å²) in [7, 11) is 0. The number of thiazole rings is 1. The minimum absolute atomic E-state index is 0.189. The van der Waals surface area contributed by atoms with Crippen LogP contribution in [0.4, 0.5) is 11.4 Å². The molecule has 1 atom stereocenters. The Morgan fingerprint density at radius 3 is 2.44 bits per heavy atom. The van der Waals surface area contributed by atoms with Crippen molar-refractivity contribution in [3.63, 3.8) is 0 Å². The fourth-order valence-electron chi connectivity index (χ4n) is 5.38. The van der Waals surface area contributed by atoms with Crippen molar-refractivity contribution in [1.29, 1.82) is 0 Å². The first-order valence-electron chi connectivity index (χ1n) is 13.5. The SMILES string of the molecule is CCCCN1C(=O)/C(=c2/sc3n(c2=O)[C@H](c2ccc(Cl)cc2)C(C(=O)Nc2ccccc2)=C(C)N=3)c2ccccc21. The summed E-state index contributed by atoms with van der Waals surface area (Å²) in [5.74, 6) is -0.547. The molecule has 2 amide bonds. The normalized spacial score (nSPS) is 17.3. The van der Waals surface area contributed by atoms with Crippen LogP contribution in [0.5, 0.6) is 0 Å². The molecule has 2 aliphatic heterocycles. The number of hydrogen-bond acceptors (Lipinski definition) is 5. The number of nitrogens with zero attached hydrogens (tertiary/aromatic N) is 3. The largest absolute Gasteiger partial charge is 0.322 e. The first-order valence-corrected chi connectivity index (χ1v) is 14.7. The number of aromatic nitrogens is 1. The van der Waals surface area contributed by atoms with Crippen molar-refractivity contribution >= 4 is 51.7 Å². The molecule has 0 saturated heterocycles. The average molecular weight is 583 g/mol. The lowest BCUT2D eigenvalue weighted by Gasteiger charge is -2.25. The first kappa shape index (κ1) is 26.9. The average Bonchev–Trinajstić information content (AvgIpc) is 3.44. The predicted molar refractivity (Wildman–Crippen MR) is 163 cm³/mol. The number of benzene rings is 3. The fraction of sp³-hybridized carbons (Fsp3) is 0.188. The van der Waals surface area contributed by atoms with Crippen LogP contribution in [0.3, 0.4) is 0 Å². The lowest BCUT2D eigenvalue weighted by molar-refractivity contribution is -0.114. The number of para-hydroxylation sites is 2. The zero-order chi connectivity index (χ0) is 28.7. The van der Waals surface area contributed by atoms with Crippen molar-refractivity contribution in [2.24, 2.45) is 4.99 Å². The van der Waals surface area contributed by atoms with E-state index in [2.05, 4.69) is 12.2 Å². The van der Waals surface area contributed by atoms with Crippen LogP contribution < -0.4 is 25.1 Å². The Balaban J connectivity index is 1.56. The van der Waals surface area contributed by atoms with Crippen LogP contribution in [-0.4, -0.2) is 22.9 Å². The molecule has 0 radical (unpaired) electrons. The maximum absolute atomic E-state index is 14.3. The molecule has 206 valence electrons. The van der Waals surface area contributed by atoms with Crippen molar-refractivity contribution in [3.05, 3.63) is 126 Å². The molecule has 0 bridgehead atoms. The second-order valence-corrected chi connectivity index (χ2v) is 11.4. The third-order valence-electron chi connectivity index (χ3n) is 7.34. The van der Waals surface area contributed by atoms with Crippen LogP contribution in [0.15, 0.2) is 99.9 Å². The third-order valence-corrected chi connectivity index (χ3v) is 8.65. The van der Waals surface area contributed by atoms with E-state index >= 15 is 0 Å². The van der Waals surface area contributed by atoms with Gasteiger partial charge in [0.05, 0.1) is 28.6 Å². The van der Waals surface area contributed by atoms with Crippen molar-refractivity contribution in [2.45, 2.75) is 32.7 Å². The Morgan fingerprint density at radius 2 is 1.71 bits per heavy atom.